The smallest absolute Gasteiger partial charge is 0.161 e. The first-order chi connectivity index (χ1) is 15.9. The van der Waals surface area contributed by atoms with E-state index >= 15 is 0 Å². The van der Waals surface area contributed by atoms with Crippen LogP contribution < -0.4 is 9.47 Å². The molecule has 0 spiro atoms. The Kier molecular flexibility index (Phi) is 6.84. The molecule has 0 saturated heterocycles. The molecule has 0 radical (unpaired) electrons. The van der Waals surface area contributed by atoms with Crippen LogP contribution in [0.4, 0.5) is 0 Å². The van der Waals surface area contributed by atoms with Gasteiger partial charge in [-0.1, -0.05) is 30.3 Å². The molecule has 0 N–H and O–H groups in total. The first-order valence-corrected chi connectivity index (χ1v) is 11.5. The lowest BCUT2D eigenvalue weighted by Gasteiger charge is -2.21. The van der Waals surface area contributed by atoms with Gasteiger partial charge in [0.05, 0.1) is 37.3 Å². The molecule has 33 heavy (non-hydrogen) atoms. The zero-order chi connectivity index (χ0) is 23.4. The fourth-order valence-corrected chi connectivity index (χ4v) is 3.45. The molecule has 1 fully saturated rings. The van der Waals surface area contributed by atoms with Crippen LogP contribution in [0.15, 0.2) is 54.6 Å². The van der Waals surface area contributed by atoms with Crippen molar-refractivity contribution in [2.45, 2.75) is 65.4 Å². The minimum absolute atomic E-state index is 0.0160. The number of carbonyl (C=O) groups is 1. The normalized spacial score (nSPS) is 13.7. The molecule has 0 atom stereocenters. The Morgan fingerprint density at radius 3 is 2.64 bits per heavy atom. The second kappa shape index (κ2) is 9.79. The molecule has 6 nitrogen and oxygen atoms in total. The SMILES string of the molecule is CCOc1ccccc1Cn1nc(COC(C)(C)C(C)=O)cc1-c1cccc(OC2CC2)c1. The maximum Gasteiger partial charge on any atom is 0.161 e. The van der Waals surface area contributed by atoms with E-state index < -0.39 is 5.60 Å². The Morgan fingerprint density at radius 1 is 1.12 bits per heavy atom. The minimum atomic E-state index is -0.858. The van der Waals surface area contributed by atoms with Crippen LogP contribution in [0.5, 0.6) is 11.5 Å². The Hall–Kier alpha value is -3.12. The number of hydrogen-bond donors (Lipinski definition) is 0. The van der Waals surface area contributed by atoms with E-state index in [9.17, 15) is 4.79 Å². The van der Waals surface area contributed by atoms with Crippen LogP contribution in [-0.4, -0.2) is 33.9 Å². The Bertz CT molecular complexity index is 1110. The summed E-state index contributed by atoms with van der Waals surface area (Å²) in [5.41, 5.74) is 2.93. The van der Waals surface area contributed by atoms with Crippen LogP contribution in [0, 0.1) is 0 Å². The van der Waals surface area contributed by atoms with Crippen LogP contribution in [0.2, 0.25) is 0 Å². The minimum Gasteiger partial charge on any atom is -0.494 e. The Labute approximate surface area is 195 Å². The maximum atomic E-state index is 11.9. The summed E-state index contributed by atoms with van der Waals surface area (Å²) < 4.78 is 19.7. The standard InChI is InChI=1S/C27H32N2O4/c1-5-31-26-12-7-6-9-21(26)17-29-25(16-22(28-29)18-32-27(3,4)19(2)30)20-10-8-11-24(15-20)33-23-13-14-23/h6-12,15-16,23H,5,13-14,17-18H2,1-4H3. The highest BCUT2D eigenvalue weighted by molar-refractivity contribution is 5.83. The summed E-state index contributed by atoms with van der Waals surface area (Å²) >= 11 is 0. The maximum absolute atomic E-state index is 11.9. The van der Waals surface area contributed by atoms with Crippen molar-refractivity contribution in [3.63, 3.8) is 0 Å². The lowest BCUT2D eigenvalue weighted by Crippen LogP contribution is -2.32. The quantitative estimate of drug-likeness (QED) is 0.392. The molecule has 1 aromatic heterocycles. The molecule has 1 heterocycles. The zero-order valence-corrected chi connectivity index (χ0v) is 19.8. The van der Waals surface area contributed by atoms with Crippen LogP contribution in [0.1, 0.15) is 51.8 Å². The number of nitrogens with zero attached hydrogens (tertiary/aromatic N) is 2. The molecule has 4 rings (SSSR count). The van der Waals surface area contributed by atoms with E-state index in [4.69, 9.17) is 19.3 Å². The van der Waals surface area contributed by atoms with Crippen molar-refractivity contribution in [3.05, 3.63) is 65.9 Å². The lowest BCUT2D eigenvalue weighted by atomic mass is 10.1. The molecule has 1 aliphatic carbocycles. The fraction of sp³-hybridized carbons (Fsp3) is 0.407. The average Bonchev–Trinajstić information content (AvgIpc) is 3.51. The highest BCUT2D eigenvalue weighted by Crippen LogP contribution is 2.31. The van der Waals surface area contributed by atoms with Gasteiger partial charge in [0.15, 0.2) is 5.78 Å². The number of hydrogen-bond acceptors (Lipinski definition) is 5. The van der Waals surface area contributed by atoms with Gasteiger partial charge in [0.25, 0.3) is 0 Å². The second-order valence-corrected chi connectivity index (χ2v) is 8.92. The highest BCUT2D eigenvalue weighted by atomic mass is 16.5. The molecule has 0 aliphatic heterocycles. The van der Waals surface area contributed by atoms with Gasteiger partial charge in [-0.2, -0.15) is 5.10 Å². The summed E-state index contributed by atoms with van der Waals surface area (Å²) in [4.78, 5) is 11.9. The molecule has 1 saturated carbocycles. The van der Waals surface area contributed by atoms with E-state index in [1.54, 1.807) is 20.8 Å². The monoisotopic (exact) mass is 448 g/mol. The topological polar surface area (TPSA) is 62.6 Å². The number of rotatable bonds is 11. The van der Waals surface area contributed by atoms with Crippen molar-refractivity contribution in [2.24, 2.45) is 0 Å². The van der Waals surface area contributed by atoms with Gasteiger partial charge in [-0.3, -0.25) is 9.48 Å². The third-order valence-corrected chi connectivity index (χ3v) is 5.81. The molecule has 0 unspecified atom stereocenters. The number of Topliss-reactive ketones (excluding diaryl/α,β-unsaturated/α-hetero) is 1. The van der Waals surface area contributed by atoms with E-state index in [0.717, 1.165) is 46.9 Å². The summed E-state index contributed by atoms with van der Waals surface area (Å²) in [6.45, 7) is 8.48. The number of benzene rings is 2. The van der Waals surface area contributed by atoms with Crippen molar-refractivity contribution in [2.75, 3.05) is 6.61 Å². The predicted octanol–water partition coefficient (Wildman–Crippen LogP) is 5.42. The Morgan fingerprint density at radius 2 is 1.91 bits per heavy atom. The molecular weight excluding hydrogens is 416 g/mol. The van der Waals surface area contributed by atoms with Crippen LogP contribution in [0.3, 0.4) is 0 Å². The zero-order valence-electron chi connectivity index (χ0n) is 19.8. The van der Waals surface area contributed by atoms with Gasteiger partial charge in [0, 0.05) is 11.1 Å². The molecule has 3 aromatic rings. The first kappa shape index (κ1) is 23.1. The van der Waals surface area contributed by atoms with Crippen LogP contribution in [0.25, 0.3) is 11.3 Å². The largest absolute Gasteiger partial charge is 0.494 e. The summed E-state index contributed by atoms with van der Waals surface area (Å²) in [6, 6.07) is 18.2. The summed E-state index contributed by atoms with van der Waals surface area (Å²) in [5.74, 6) is 1.70. The molecule has 6 heteroatoms. The number of ether oxygens (including phenoxy) is 3. The van der Waals surface area contributed by atoms with Crippen molar-refractivity contribution < 1.29 is 19.0 Å². The van der Waals surface area contributed by atoms with Crippen molar-refractivity contribution >= 4 is 5.78 Å². The van der Waals surface area contributed by atoms with Crippen LogP contribution in [-0.2, 0) is 22.7 Å². The van der Waals surface area contributed by atoms with Crippen molar-refractivity contribution in [1.29, 1.82) is 0 Å². The van der Waals surface area contributed by atoms with E-state index in [0.29, 0.717) is 19.3 Å². The van der Waals surface area contributed by atoms with Crippen molar-refractivity contribution in [3.8, 4) is 22.8 Å². The van der Waals surface area contributed by atoms with E-state index in [-0.39, 0.29) is 12.4 Å². The van der Waals surface area contributed by atoms with Gasteiger partial charge in [0.1, 0.15) is 17.1 Å². The van der Waals surface area contributed by atoms with Gasteiger partial charge < -0.3 is 14.2 Å². The van der Waals surface area contributed by atoms with Gasteiger partial charge in [-0.15, -0.1) is 0 Å². The first-order valence-electron chi connectivity index (χ1n) is 11.5. The number of para-hydroxylation sites is 1. The van der Waals surface area contributed by atoms with Crippen molar-refractivity contribution in [1.82, 2.24) is 9.78 Å². The van der Waals surface area contributed by atoms with Gasteiger partial charge >= 0.3 is 0 Å². The molecular formula is C27H32N2O4. The Balaban J connectivity index is 1.66. The predicted molar refractivity (Wildman–Crippen MR) is 128 cm³/mol. The average molecular weight is 449 g/mol. The van der Waals surface area contributed by atoms with Gasteiger partial charge in [0.2, 0.25) is 0 Å². The number of aromatic nitrogens is 2. The third-order valence-electron chi connectivity index (χ3n) is 5.81. The number of carbonyl (C=O) groups excluding carboxylic acids is 1. The molecule has 0 bridgehead atoms. The summed E-state index contributed by atoms with van der Waals surface area (Å²) in [5, 5.41) is 4.83. The summed E-state index contributed by atoms with van der Waals surface area (Å²) in [7, 11) is 0. The third kappa shape index (κ3) is 5.82. The second-order valence-electron chi connectivity index (χ2n) is 8.92. The molecule has 2 aromatic carbocycles. The fourth-order valence-electron chi connectivity index (χ4n) is 3.45. The summed E-state index contributed by atoms with van der Waals surface area (Å²) in [6.07, 6.45) is 2.56. The number of ketones is 1. The molecule has 1 aliphatic rings. The molecule has 0 amide bonds. The van der Waals surface area contributed by atoms with Crippen LogP contribution >= 0.6 is 0 Å². The van der Waals surface area contributed by atoms with E-state index in [1.165, 1.54) is 0 Å². The van der Waals surface area contributed by atoms with Gasteiger partial charge in [-0.05, 0) is 64.8 Å². The highest BCUT2D eigenvalue weighted by Gasteiger charge is 2.26. The van der Waals surface area contributed by atoms with Gasteiger partial charge in [-0.25, -0.2) is 0 Å². The molecule has 174 valence electrons. The van der Waals surface area contributed by atoms with E-state index in [2.05, 4.69) is 18.2 Å². The lowest BCUT2D eigenvalue weighted by molar-refractivity contribution is -0.139. The van der Waals surface area contributed by atoms with E-state index in [1.807, 2.05) is 48.0 Å².